The van der Waals surface area contributed by atoms with E-state index in [2.05, 4.69) is 9.98 Å². The van der Waals surface area contributed by atoms with Crippen LogP contribution in [0.1, 0.15) is 0 Å². The Morgan fingerprint density at radius 2 is 1.87 bits per heavy atom. The zero-order chi connectivity index (χ0) is 10.5. The molecule has 0 N–H and O–H groups in total. The summed E-state index contributed by atoms with van der Waals surface area (Å²) in [7, 11) is 0. The Bertz CT molecular complexity index is 485. The molecule has 1 heterocycles. The number of hydrogen-bond acceptors (Lipinski definition) is 3. The third-order valence-electron chi connectivity index (χ3n) is 1.99. The number of benzene rings is 1. The maximum atomic E-state index is 10.0. The Hall–Kier alpha value is -2.25. The van der Waals surface area contributed by atoms with Crippen molar-refractivity contribution in [2.24, 2.45) is 4.99 Å². The number of aromatic nitrogens is 1. The van der Waals surface area contributed by atoms with Crippen LogP contribution in [-0.4, -0.2) is 11.1 Å². The van der Waals surface area contributed by atoms with Gasteiger partial charge in [-0.3, -0.25) is 4.98 Å². The molecule has 0 aliphatic heterocycles. The number of rotatable bonds is 2. The predicted molar refractivity (Wildman–Crippen MR) is 57.5 cm³/mol. The van der Waals surface area contributed by atoms with Crippen molar-refractivity contribution >= 4 is 11.8 Å². The number of nitrogens with zero attached hydrogens (tertiary/aromatic N) is 2. The molecule has 2 aromatic rings. The van der Waals surface area contributed by atoms with E-state index in [9.17, 15) is 4.79 Å². The van der Waals surface area contributed by atoms with Crippen molar-refractivity contribution in [3.8, 4) is 11.3 Å². The summed E-state index contributed by atoms with van der Waals surface area (Å²) in [4.78, 5) is 17.7. The summed E-state index contributed by atoms with van der Waals surface area (Å²) in [6.07, 6.45) is 3.03. The molecule has 0 unspecified atom stereocenters. The molecule has 0 saturated carbocycles. The summed E-state index contributed by atoms with van der Waals surface area (Å²) >= 11 is 0. The molecule has 0 aliphatic carbocycles. The molecule has 0 spiro atoms. The van der Waals surface area contributed by atoms with Gasteiger partial charge >= 0.3 is 0 Å². The van der Waals surface area contributed by atoms with E-state index in [1.807, 2.05) is 36.4 Å². The van der Waals surface area contributed by atoms with E-state index in [0.29, 0.717) is 5.69 Å². The Morgan fingerprint density at radius 3 is 2.47 bits per heavy atom. The third kappa shape index (κ3) is 2.16. The first-order valence-electron chi connectivity index (χ1n) is 4.49. The maximum Gasteiger partial charge on any atom is 0.240 e. The molecule has 15 heavy (non-hydrogen) atoms. The van der Waals surface area contributed by atoms with Crippen LogP contribution in [0.15, 0.2) is 53.7 Å². The summed E-state index contributed by atoms with van der Waals surface area (Å²) < 4.78 is 0. The number of hydrogen-bond donors (Lipinski definition) is 0. The highest BCUT2D eigenvalue weighted by atomic mass is 16.1. The molecule has 1 aromatic carbocycles. The Balaban J connectivity index is 2.36. The van der Waals surface area contributed by atoms with E-state index in [4.69, 9.17) is 0 Å². The molecule has 0 fully saturated rings. The lowest BCUT2D eigenvalue weighted by Gasteiger charge is -1.99. The second-order valence-electron chi connectivity index (χ2n) is 2.97. The summed E-state index contributed by atoms with van der Waals surface area (Å²) in [5, 5.41) is 0. The lowest BCUT2D eigenvalue weighted by molar-refractivity contribution is 0.565. The summed E-state index contributed by atoms with van der Waals surface area (Å²) in [5.41, 5.74) is 2.42. The van der Waals surface area contributed by atoms with Gasteiger partial charge in [-0.1, -0.05) is 30.3 Å². The number of aliphatic imine (C=N–C) groups is 1. The van der Waals surface area contributed by atoms with Crippen molar-refractivity contribution in [3.05, 3.63) is 48.7 Å². The van der Waals surface area contributed by atoms with Crippen LogP contribution in [0.3, 0.4) is 0 Å². The number of isocyanates is 1. The van der Waals surface area contributed by atoms with E-state index >= 15 is 0 Å². The molecule has 72 valence electrons. The van der Waals surface area contributed by atoms with Gasteiger partial charge in [-0.05, 0) is 12.1 Å². The lowest BCUT2D eigenvalue weighted by atomic mass is 10.1. The fourth-order valence-electron chi connectivity index (χ4n) is 1.28. The van der Waals surface area contributed by atoms with Gasteiger partial charge in [0.05, 0.1) is 17.6 Å². The monoisotopic (exact) mass is 196 g/mol. The molecular weight excluding hydrogens is 188 g/mol. The van der Waals surface area contributed by atoms with Crippen LogP contribution in [0, 0.1) is 0 Å². The molecule has 0 radical (unpaired) electrons. The van der Waals surface area contributed by atoms with Crippen LogP contribution < -0.4 is 0 Å². The summed E-state index contributed by atoms with van der Waals surface area (Å²) in [6.45, 7) is 0. The molecular formula is C12H8N2O. The van der Waals surface area contributed by atoms with E-state index in [-0.39, 0.29) is 0 Å². The molecule has 2 rings (SSSR count). The van der Waals surface area contributed by atoms with Crippen LogP contribution in [0.4, 0.5) is 5.69 Å². The second kappa shape index (κ2) is 4.31. The molecule has 0 bridgehead atoms. The zero-order valence-electron chi connectivity index (χ0n) is 7.92. The van der Waals surface area contributed by atoms with Gasteiger partial charge in [0.1, 0.15) is 0 Å². The highest BCUT2D eigenvalue weighted by molar-refractivity contribution is 5.60. The quantitative estimate of drug-likeness (QED) is 0.547. The third-order valence-corrected chi connectivity index (χ3v) is 1.99. The fourth-order valence-corrected chi connectivity index (χ4v) is 1.28. The lowest BCUT2D eigenvalue weighted by Crippen LogP contribution is -1.80. The van der Waals surface area contributed by atoms with Gasteiger partial charge in [0.15, 0.2) is 0 Å². The molecule has 0 atom stereocenters. The number of pyridine rings is 1. The second-order valence-corrected chi connectivity index (χ2v) is 2.97. The first kappa shape index (κ1) is 9.31. The maximum absolute atomic E-state index is 10.0. The van der Waals surface area contributed by atoms with Crippen molar-refractivity contribution in [2.75, 3.05) is 0 Å². The summed E-state index contributed by atoms with van der Waals surface area (Å²) in [6, 6.07) is 13.4. The average Bonchev–Trinajstić information content (AvgIpc) is 2.32. The summed E-state index contributed by atoms with van der Waals surface area (Å²) in [5.74, 6) is 0. The molecule has 0 saturated heterocycles. The van der Waals surface area contributed by atoms with Crippen molar-refractivity contribution in [2.45, 2.75) is 0 Å². The molecule has 3 heteroatoms. The standard InChI is InChI=1S/C12H8N2O/c15-9-14-11-6-7-12(13-8-11)10-4-2-1-3-5-10/h1-8H. The van der Waals surface area contributed by atoms with Gasteiger partial charge in [0.25, 0.3) is 0 Å². The van der Waals surface area contributed by atoms with Crippen LogP contribution in [-0.2, 0) is 4.79 Å². The molecule has 1 aromatic heterocycles. The van der Waals surface area contributed by atoms with Gasteiger partial charge in [-0.15, -0.1) is 0 Å². The van der Waals surface area contributed by atoms with Crippen molar-refractivity contribution in [1.82, 2.24) is 4.98 Å². The normalized spacial score (nSPS) is 9.33. The Labute approximate surface area is 87.1 Å². The van der Waals surface area contributed by atoms with E-state index in [1.54, 1.807) is 12.3 Å². The minimum absolute atomic E-state index is 0.518. The smallest absolute Gasteiger partial charge is 0.240 e. The van der Waals surface area contributed by atoms with Gasteiger partial charge in [0.2, 0.25) is 6.08 Å². The predicted octanol–water partition coefficient (Wildman–Crippen LogP) is 2.72. The van der Waals surface area contributed by atoms with Gasteiger partial charge in [0, 0.05) is 5.56 Å². The molecule has 0 amide bonds. The largest absolute Gasteiger partial charge is 0.254 e. The Morgan fingerprint density at radius 1 is 1.07 bits per heavy atom. The molecule has 0 aliphatic rings. The molecule has 3 nitrogen and oxygen atoms in total. The average molecular weight is 196 g/mol. The van der Waals surface area contributed by atoms with Crippen molar-refractivity contribution < 1.29 is 4.79 Å². The number of carbonyl (C=O) groups excluding carboxylic acids is 1. The van der Waals surface area contributed by atoms with Crippen LogP contribution in [0.25, 0.3) is 11.3 Å². The van der Waals surface area contributed by atoms with Crippen LogP contribution in [0.5, 0.6) is 0 Å². The van der Waals surface area contributed by atoms with Crippen LogP contribution in [0.2, 0.25) is 0 Å². The van der Waals surface area contributed by atoms with Crippen molar-refractivity contribution in [1.29, 1.82) is 0 Å². The fraction of sp³-hybridized carbons (Fsp3) is 0. The first-order chi connectivity index (χ1) is 7.40. The van der Waals surface area contributed by atoms with Crippen LogP contribution >= 0.6 is 0 Å². The van der Waals surface area contributed by atoms with Crippen molar-refractivity contribution in [3.63, 3.8) is 0 Å². The van der Waals surface area contributed by atoms with E-state index in [1.165, 1.54) is 6.08 Å². The highest BCUT2D eigenvalue weighted by Crippen LogP contribution is 2.18. The van der Waals surface area contributed by atoms with Gasteiger partial charge < -0.3 is 0 Å². The first-order valence-corrected chi connectivity index (χ1v) is 4.49. The Kier molecular flexibility index (Phi) is 2.68. The topological polar surface area (TPSA) is 42.3 Å². The van der Waals surface area contributed by atoms with Gasteiger partial charge in [-0.25, -0.2) is 4.79 Å². The zero-order valence-corrected chi connectivity index (χ0v) is 7.92. The minimum atomic E-state index is 0.518. The van der Waals surface area contributed by atoms with E-state index in [0.717, 1.165) is 11.3 Å². The minimum Gasteiger partial charge on any atom is -0.254 e. The SMILES string of the molecule is O=C=Nc1ccc(-c2ccccc2)nc1. The van der Waals surface area contributed by atoms with Gasteiger partial charge in [-0.2, -0.15) is 4.99 Å². The highest BCUT2D eigenvalue weighted by Gasteiger charge is 1.97. The van der Waals surface area contributed by atoms with E-state index < -0.39 is 0 Å².